The summed E-state index contributed by atoms with van der Waals surface area (Å²) in [5.41, 5.74) is 2.28. The first-order valence-electron chi connectivity index (χ1n) is 15.4. The minimum atomic E-state index is 0.275. The third kappa shape index (κ3) is 4.81. The Kier molecular flexibility index (Phi) is 7.89. The summed E-state index contributed by atoms with van der Waals surface area (Å²) in [7, 11) is 0. The molecule has 0 unspecified atom stereocenters. The van der Waals surface area contributed by atoms with Crippen molar-refractivity contribution >= 4 is 25.2 Å². The fourth-order valence-corrected chi connectivity index (χ4v) is 13.1. The number of rotatable bonds is 7. The Labute approximate surface area is 228 Å². The zero-order valence-corrected chi connectivity index (χ0v) is 25.7. The SMILES string of the molecule is Cc1ccc([Se][C@H]2C(=O)CC[C@]3(C)[C@H]4CC[C@]5(C)[C@@H]([C@H](C)CCCC(C)C)CC[C@H]5[C@@H]4CC[C@@H]23)cc1. The first-order chi connectivity index (χ1) is 17.1. The van der Waals surface area contributed by atoms with Crippen LogP contribution in [-0.4, -0.2) is 20.7 Å². The summed E-state index contributed by atoms with van der Waals surface area (Å²) < 4.78 is 1.43. The van der Waals surface area contributed by atoms with Crippen LogP contribution in [0, 0.1) is 59.2 Å². The van der Waals surface area contributed by atoms with Crippen LogP contribution in [0.4, 0.5) is 0 Å². The number of fused-ring (bicyclic) bond motifs is 5. The summed E-state index contributed by atoms with van der Waals surface area (Å²) in [5, 5.41) is 0. The average Bonchev–Trinajstić information content (AvgIpc) is 3.19. The standard InChI is InChI=1S/C34H52OSe/c1-22(2)8-7-9-24(4)27-16-17-28-26-14-15-30-32(36-25-12-10-23(3)11-13-25)31(35)19-21-34(30,6)29(26)18-20-33(27,28)5/h10-13,22,24,26-30,32H,7-9,14-21H2,1-6H3/t24-,26+,27-,28+,29+,30+,32-,33-,34-/m1/s1. The van der Waals surface area contributed by atoms with Crippen LogP contribution in [0.5, 0.6) is 0 Å². The number of carbonyl (C=O) groups excluding carboxylic acids is 1. The Bertz CT molecular complexity index is 920. The van der Waals surface area contributed by atoms with Crippen molar-refractivity contribution in [3.63, 3.8) is 0 Å². The molecule has 4 saturated carbocycles. The molecular formula is C34H52OSe. The van der Waals surface area contributed by atoms with Crippen molar-refractivity contribution in [3.05, 3.63) is 29.8 Å². The Hall–Kier alpha value is -0.591. The summed E-state index contributed by atoms with van der Waals surface area (Å²) in [5.74, 6) is 6.58. The molecule has 5 rings (SSSR count). The summed E-state index contributed by atoms with van der Waals surface area (Å²) in [4.78, 5) is 13.6. The van der Waals surface area contributed by atoms with Gasteiger partial charge in [0.05, 0.1) is 0 Å². The van der Waals surface area contributed by atoms with Crippen LogP contribution >= 0.6 is 0 Å². The van der Waals surface area contributed by atoms with Crippen LogP contribution in [0.1, 0.15) is 111 Å². The van der Waals surface area contributed by atoms with Crippen molar-refractivity contribution < 1.29 is 4.79 Å². The van der Waals surface area contributed by atoms with E-state index in [2.05, 4.69) is 65.8 Å². The van der Waals surface area contributed by atoms with Gasteiger partial charge in [0.25, 0.3) is 0 Å². The van der Waals surface area contributed by atoms with E-state index in [4.69, 9.17) is 0 Å². The van der Waals surface area contributed by atoms with Gasteiger partial charge in [0, 0.05) is 0 Å². The Balaban J connectivity index is 1.31. The van der Waals surface area contributed by atoms with E-state index in [1.54, 1.807) is 0 Å². The molecule has 9 atom stereocenters. The van der Waals surface area contributed by atoms with Gasteiger partial charge in [0.1, 0.15) is 0 Å². The molecule has 1 aromatic rings. The molecule has 200 valence electrons. The molecular weight excluding hydrogens is 503 g/mol. The van der Waals surface area contributed by atoms with E-state index < -0.39 is 0 Å². The van der Waals surface area contributed by atoms with E-state index in [1.165, 1.54) is 67.8 Å². The first-order valence-corrected chi connectivity index (χ1v) is 17.2. The molecule has 0 amide bonds. The molecule has 0 aromatic heterocycles. The van der Waals surface area contributed by atoms with Crippen molar-refractivity contribution in [3.8, 4) is 0 Å². The van der Waals surface area contributed by atoms with Crippen LogP contribution in [-0.2, 0) is 4.79 Å². The average molecular weight is 556 g/mol. The van der Waals surface area contributed by atoms with E-state index in [9.17, 15) is 4.79 Å². The van der Waals surface area contributed by atoms with Gasteiger partial charge in [0.2, 0.25) is 0 Å². The summed E-state index contributed by atoms with van der Waals surface area (Å²) in [6.07, 6.45) is 14.8. The number of hydrogen-bond donors (Lipinski definition) is 0. The maximum atomic E-state index is 13.3. The number of aryl methyl sites for hydroxylation is 1. The van der Waals surface area contributed by atoms with Gasteiger partial charge in [-0.1, -0.05) is 13.8 Å². The van der Waals surface area contributed by atoms with Gasteiger partial charge in [-0.05, 0) is 5.92 Å². The van der Waals surface area contributed by atoms with Gasteiger partial charge in [-0.15, -0.1) is 0 Å². The molecule has 0 radical (unpaired) electrons. The van der Waals surface area contributed by atoms with Crippen molar-refractivity contribution in [1.82, 2.24) is 0 Å². The Morgan fingerprint density at radius 2 is 1.56 bits per heavy atom. The number of Topliss-reactive ketones (excluding diaryl/α,β-unsaturated/α-hetero) is 1. The van der Waals surface area contributed by atoms with Crippen molar-refractivity contribution in [2.75, 3.05) is 0 Å². The molecule has 1 aromatic carbocycles. The van der Waals surface area contributed by atoms with Gasteiger partial charge < -0.3 is 0 Å². The molecule has 1 nitrogen and oxygen atoms in total. The topological polar surface area (TPSA) is 17.1 Å². The van der Waals surface area contributed by atoms with Gasteiger partial charge >= 0.3 is 209 Å². The predicted octanol–water partition coefficient (Wildman–Crippen LogP) is 8.41. The first kappa shape index (κ1) is 27.0. The molecule has 0 spiro atoms. The predicted molar refractivity (Wildman–Crippen MR) is 154 cm³/mol. The number of carbonyl (C=O) groups is 1. The second kappa shape index (κ2) is 10.5. The van der Waals surface area contributed by atoms with E-state index in [-0.39, 0.29) is 15.0 Å². The van der Waals surface area contributed by atoms with Crippen molar-refractivity contribution in [1.29, 1.82) is 0 Å². The third-order valence-electron chi connectivity index (χ3n) is 12.0. The number of benzene rings is 1. The summed E-state index contributed by atoms with van der Waals surface area (Å²) in [6, 6.07) is 9.08. The summed E-state index contributed by atoms with van der Waals surface area (Å²) in [6.45, 7) is 14.9. The van der Waals surface area contributed by atoms with Crippen molar-refractivity contribution in [2.24, 2.45) is 52.3 Å². The van der Waals surface area contributed by atoms with E-state index in [1.807, 2.05) is 0 Å². The molecule has 0 N–H and O–H groups in total. The molecule has 0 aliphatic heterocycles. The monoisotopic (exact) mass is 556 g/mol. The molecule has 0 saturated heterocycles. The number of ketones is 1. The Morgan fingerprint density at radius 3 is 2.28 bits per heavy atom. The van der Waals surface area contributed by atoms with E-state index >= 15 is 0 Å². The molecule has 4 aliphatic rings. The zero-order chi connectivity index (χ0) is 25.7. The molecule has 4 fully saturated rings. The quantitative estimate of drug-likeness (QED) is 0.309. The van der Waals surface area contributed by atoms with E-state index in [0.717, 1.165) is 48.3 Å². The van der Waals surface area contributed by atoms with E-state index in [0.29, 0.717) is 27.3 Å². The van der Waals surface area contributed by atoms with Crippen LogP contribution in [0.2, 0.25) is 4.82 Å². The molecule has 0 heterocycles. The maximum absolute atomic E-state index is 13.3. The van der Waals surface area contributed by atoms with Crippen molar-refractivity contribution in [2.45, 2.75) is 117 Å². The Morgan fingerprint density at radius 1 is 0.861 bits per heavy atom. The van der Waals surface area contributed by atoms with Crippen LogP contribution in [0.3, 0.4) is 0 Å². The summed E-state index contributed by atoms with van der Waals surface area (Å²) >= 11 is 0.275. The second-order valence-electron chi connectivity index (χ2n) is 14.4. The van der Waals surface area contributed by atoms with Crippen LogP contribution < -0.4 is 4.46 Å². The van der Waals surface area contributed by atoms with Gasteiger partial charge in [-0.3, -0.25) is 0 Å². The van der Waals surface area contributed by atoms with Crippen LogP contribution in [0.15, 0.2) is 24.3 Å². The van der Waals surface area contributed by atoms with Gasteiger partial charge in [-0.2, -0.15) is 0 Å². The molecule has 0 bridgehead atoms. The minimum absolute atomic E-state index is 0.275. The third-order valence-corrected chi connectivity index (χ3v) is 14.9. The van der Waals surface area contributed by atoms with Crippen LogP contribution in [0.25, 0.3) is 0 Å². The van der Waals surface area contributed by atoms with Gasteiger partial charge in [-0.25, -0.2) is 0 Å². The molecule has 36 heavy (non-hydrogen) atoms. The fourth-order valence-electron chi connectivity index (χ4n) is 10.0. The molecule has 4 aliphatic carbocycles. The number of hydrogen-bond acceptors (Lipinski definition) is 1. The zero-order valence-electron chi connectivity index (χ0n) is 24.0. The molecule has 2 heteroatoms. The second-order valence-corrected chi connectivity index (χ2v) is 17.0. The van der Waals surface area contributed by atoms with Gasteiger partial charge in [0.15, 0.2) is 0 Å². The normalized spacial score (nSPS) is 41.0. The fraction of sp³-hybridized carbons (Fsp3) is 0.794.